The van der Waals surface area contributed by atoms with Gasteiger partial charge in [-0.25, -0.2) is 18.7 Å². The monoisotopic (exact) mass is 546 g/mol. The van der Waals surface area contributed by atoms with Crippen molar-refractivity contribution in [1.82, 2.24) is 19.5 Å². The van der Waals surface area contributed by atoms with E-state index in [2.05, 4.69) is 15.0 Å². The standard InChI is InChI=1S/C26H22Cl2F2N4O3/c1-13-11-31-25(26(3,4)36)33-22(13)15-6-8-18(27)20(9-15)34-14(2)32-23(21(28)24(34)35)37-12-16-5-7-17(29)10-19(16)30/h5-11,36H,12H2,1-4H3. The van der Waals surface area contributed by atoms with Gasteiger partial charge in [-0.15, -0.1) is 0 Å². The van der Waals surface area contributed by atoms with Gasteiger partial charge in [0, 0.05) is 23.4 Å². The van der Waals surface area contributed by atoms with Gasteiger partial charge in [-0.3, -0.25) is 9.36 Å². The molecule has 1 N–H and O–H groups in total. The quantitative estimate of drug-likeness (QED) is 0.333. The van der Waals surface area contributed by atoms with E-state index in [1.807, 2.05) is 6.92 Å². The Morgan fingerprint density at radius 1 is 1.08 bits per heavy atom. The summed E-state index contributed by atoms with van der Waals surface area (Å²) in [5, 5.41) is 10.3. The van der Waals surface area contributed by atoms with E-state index < -0.39 is 22.8 Å². The summed E-state index contributed by atoms with van der Waals surface area (Å²) in [6, 6.07) is 8.07. The molecule has 0 fully saturated rings. The molecule has 0 spiro atoms. The lowest BCUT2D eigenvalue weighted by Crippen LogP contribution is -2.24. The molecule has 0 aliphatic carbocycles. The third-order valence-corrected chi connectivity index (χ3v) is 6.17. The molecule has 0 amide bonds. The van der Waals surface area contributed by atoms with Crippen molar-refractivity contribution in [1.29, 1.82) is 0 Å². The van der Waals surface area contributed by atoms with Gasteiger partial charge in [0.1, 0.15) is 29.7 Å². The number of hydrogen-bond acceptors (Lipinski definition) is 6. The van der Waals surface area contributed by atoms with Crippen LogP contribution in [0.3, 0.4) is 0 Å². The van der Waals surface area contributed by atoms with Gasteiger partial charge in [-0.2, -0.15) is 4.98 Å². The van der Waals surface area contributed by atoms with Crippen molar-refractivity contribution < 1.29 is 18.6 Å². The highest BCUT2D eigenvalue weighted by Crippen LogP contribution is 2.31. The first kappa shape index (κ1) is 26.7. The number of rotatable bonds is 6. The Balaban J connectivity index is 1.75. The molecule has 2 aromatic heterocycles. The average Bonchev–Trinajstić information content (AvgIpc) is 2.82. The summed E-state index contributed by atoms with van der Waals surface area (Å²) in [7, 11) is 0. The predicted octanol–water partition coefficient (Wildman–Crippen LogP) is 5.70. The molecule has 192 valence electrons. The van der Waals surface area contributed by atoms with Crippen LogP contribution in [0.4, 0.5) is 8.78 Å². The van der Waals surface area contributed by atoms with Crippen LogP contribution < -0.4 is 10.3 Å². The Hall–Kier alpha value is -3.40. The zero-order chi connectivity index (χ0) is 27.1. The second-order valence-corrected chi connectivity index (χ2v) is 9.68. The summed E-state index contributed by atoms with van der Waals surface area (Å²) >= 11 is 12.8. The van der Waals surface area contributed by atoms with Gasteiger partial charge in [0.25, 0.3) is 5.56 Å². The van der Waals surface area contributed by atoms with Gasteiger partial charge in [0.05, 0.1) is 16.4 Å². The van der Waals surface area contributed by atoms with Gasteiger partial charge in [0.15, 0.2) is 10.8 Å². The minimum atomic E-state index is -1.25. The van der Waals surface area contributed by atoms with Gasteiger partial charge < -0.3 is 9.84 Å². The highest BCUT2D eigenvalue weighted by molar-refractivity contribution is 6.33. The van der Waals surface area contributed by atoms with Crippen molar-refractivity contribution in [2.45, 2.75) is 39.9 Å². The fourth-order valence-corrected chi connectivity index (χ4v) is 3.99. The smallest absolute Gasteiger partial charge is 0.280 e. The molecule has 0 bridgehead atoms. The number of benzene rings is 2. The Morgan fingerprint density at radius 3 is 2.49 bits per heavy atom. The highest BCUT2D eigenvalue weighted by atomic mass is 35.5. The molecule has 0 saturated carbocycles. The first-order valence-electron chi connectivity index (χ1n) is 11.1. The summed E-state index contributed by atoms with van der Waals surface area (Å²) in [6.45, 7) is 6.24. The summed E-state index contributed by atoms with van der Waals surface area (Å²) in [5.41, 5.74) is 0.389. The van der Waals surface area contributed by atoms with Crippen molar-refractivity contribution in [3.63, 3.8) is 0 Å². The molecule has 0 atom stereocenters. The maximum atomic E-state index is 14.0. The van der Waals surface area contributed by atoms with Crippen LogP contribution in [0.2, 0.25) is 10.0 Å². The van der Waals surface area contributed by atoms with E-state index >= 15 is 0 Å². The van der Waals surface area contributed by atoms with E-state index in [-0.39, 0.29) is 39.7 Å². The lowest BCUT2D eigenvalue weighted by Gasteiger charge is -2.18. The normalized spacial score (nSPS) is 11.6. The van der Waals surface area contributed by atoms with Gasteiger partial charge in [-0.05, 0) is 57.5 Å². The molecular weight excluding hydrogens is 525 g/mol. The molecular formula is C26H22Cl2F2N4O3. The van der Waals surface area contributed by atoms with Crippen LogP contribution in [0, 0.1) is 25.5 Å². The SMILES string of the molecule is Cc1cnc(C(C)(C)O)nc1-c1ccc(Cl)c(-n2c(C)nc(OCc3ccc(F)cc3F)c(Cl)c2=O)c1. The molecule has 4 rings (SSSR count). The zero-order valence-electron chi connectivity index (χ0n) is 20.3. The van der Waals surface area contributed by atoms with Crippen molar-refractivity contribution in [2.75, 3.05) is 0 Å². The number of aryl methyl sites for hydroxylation is 2. The van der Waals surface area contributed by atoms with Crippen LogP contribution in [0.25, 0.3) is 16.9 Å². The van der Waals surface area contributed by atoms with Crippen molar-refractivity contribution >= 4 is 23.2 Å². The van der Waals surface area contributed by atoms with E-state index in [9.17, 15) is 18.7 Å². The maximum absolute atomic E-state index is 14.0. The van der Waals surface area contributed by atoms with E-state index in [1.54, 1.807) is 45.2 Å². The summed E-state index contributed by atoms with van der Waals surface area (Å²) < 4.78 is 33.8. The number of halogens is 4. The Labute approximate surface area is 221 Å². The minimum absolute atomic E-state index is 0.0718. The van der Waals surface area contributed by atoms with Crippen molar-refractivity contribution in [3.05, 3.63) is 97.4 Å². The number of aliphatic hydroxyl groups is 1. The topological polar surface area (TPSA) is 90.1 Å². The van der Waals surface area contributed by atoms with Crippen molar-refractivity contribution in [3.8, 4) is 22.8 Å². The molecule has 2 aromatic carbocycles. The fraction of sp³-hybridized carbons (Fsp3) is 0.231. The number of ether oxygens (including phenoxy) is 1. The average molecular weight is 547 g/mol. The predicted molar refractivity (Wildman–Crippen MR) is 136 cm³/mol. The zero-order valence-corrected chi connectivity index (χ0v) is 21.8. The summed E-state index contributed by atoms with van der Waals surface area (Å²) in [6.07, 6.45) is 1.61. The second kappa shape index (κ2) is 10.2. The molecule has 0 unspecified atom stereocenters. The third kappa shape index (κ3) is 5.49. The van der Waals surface area contributed by atoms with Gasteiger partial charge >= 0.3 is 0 Å². The largest absolute Gasteiger partial charge is 0.471 e. The van der Waals surface area contributed by atoms with Crippen LogP contribution in [0.15, 0.2) is 47.4 Å². The maximum Gasteiger partial charge on any atom is 0.280 e. The van der Waals surface area contributed by atoms with Crippen LogP contribution in [0.5, 0.6) is 5.88 Å². The van der Waals surface area contributed by atoms with Gasteiger partial charge in [-0.1, -0.05) is 29.3 Å². The van der Waals surface area contributed by atoms with E-state index in [0.29, 0.717) is 16.9 Å². The first-order chi connectivity index (χ1) is 17.4. The van der Waals surface area contributed by atoms with Crippen LogP contribution in [0.1, 0.15) is 36.6 Å². The second-order valence-electron chi connectivity index (χ2n) is 8.89. The molecule has 7 nitrogen and oxygen atoms in total. The van der Waals surface area contributed by atoms with Crippen LogP contribution in [-0.2, 0) is 12.2 Å². The lowest BCUT2D eigenvalue weighted by molar-refractivity contribution is 0.0688. The third-order valence-electron chi connectivity index (χ3n) is 5.52. The Kier molecular flexibility index (Phi) is 7.32. The van der Waals surface area contributed by atoms with Crippen LogP contribution >= 0.6 is 23.2 Å². The highest BCUT2D eigenvalue weighted by Gasteiger charge is 2.22. The molecule has 11 heteroatoms. The van der Waals surface area contributed by atoms with Crippen molar-refractivity contribution in [2.24, 2.45) is 0 Å². The molecule has 0 aliphatic heterocycles. The van der Waals surface area contributed by atoms with Crippen LogP contribution in [-0.4, -0.2) is 24.6 Å². The molecule has 2 heterocycles. The molecule has 37 heavy (non-hydrogen) atoms. The number of aromatic nitrogens is 4. The van der Waals surface area contributed by atoms with Gasteiger partial charge in [0.2, 0.25) is 5.88 Å². The molecule has 0 saturated heterocycles. The Morgan fingerprint density at radius 2 is 1.81 bits per heavy atom. The fourth-order valence-electron chi connectivity index (χ4n) is 3.61. The number of nitrogens with zero attached hydrogens (tertiary/aromatic N) is 4. The molecule has 0 radical (unpaired) electrons. The minimum Gasteiger partial charge on any atom is -0.471 e. The summed E-state index contributed by atoms with van der Waals surface area (Å²) in [4.78, 5) is 26.3. The molecule has 0 aliphatic rings. The van der Waals surface area contributed by atoms with E-state index in [1.165, 1.54) is 10.6 Å². The lowest BCUT2D eigenvalue weighted by atomic mass is 10.0. The Bertz CT molecular complexity index is 1570. The number of hydrogen-bond donors (Lipinski definition) is 1. The van der Waals surface area contributed by atoms with E-state index in [0.717, 1.165) is 17.7 Å². The van der Waals surface area contributed by atoms with E-state index in [4.69, 9.17) is 27.9 Å². The summed E-state index contributed by atoms with van der Waals surface area (Å²) in [5.74, 6) is -1.26. The first-order valence-corrected chi connectivity index (χ1v) is 11.8. The molecule has 4 aromatic rings.